The van der Waals surface area contributed by atoms with Crippen LogP contribution in [0.5, 0.6) is 0 Å². The third-order valence-electron chi connectivity index (χ3n) is 5.13. The smallest absolute Gasteiger partial charge is 0.263 e. The number of fused-ring (bicyclic) bond motifs is 3. The van der Waals surface area contributed by atoms with Gasteiger partial charge in [-0.3, -0.25) is 14.2 Å². The van der Waals surface area contributed by atoms with Gasteiger partial charge in [0.05, 0.1) is 23.4 Å². The molecule has 1 atom stereocenters. The molecule has 1 N–H and O–H groups in total. The fraction of sp³-hybridized carbons (Fsp3) is 0.476. The highest BCUT2D eigenvalue weighted by atomic mass is 32.2. The van der Waals surface area contributed by atoms with E-state index in [1.807, 2.05) is 26.0 Å². The first-order valence-electron chi connectivity index (χ1n) is 10.1. The van der Waals surface area contributed by atoms with Crippen LogP contribution in [0.25, 0.3) is 10.2 Å². The lowest BCUT2D eigenvalue weighted by molar-refractivity contribution is -0.120. The van der Waals surface area contributed by atoms with Crippen LogP contribution in [-0.2, 0) is 24.2 Å². The quantitative estimate of drug-likeness (QED) is 0.452. The highest BCUT2D eigenvalue weighted by Gasteiger charge is 2.24. The number of nitrogens with zero attached hydrogens (tertiary/aromatic N) is 2. The Hall–Kier alpha value is -2.06. The first kappa shape index (κ1) is 20.2. The van der Waals surface area contributed by atoms with Crippen LogP contribution in [0.4, 0.5) is 0 Å². The van der Waals surface area contributed by atoms with Crippen LogP contribution >= 0.6 is 23.1 Å². The molecule has 1 amide bonds. The molecule has 3 aromatic rings. The van der Waals surface area contributed by atoms with Crippen molar-refractivity contribution in [3.05, 3.63) is 45.0 Å². The minimum absolute atomic E-state index is 0.0329. The third-order valence-corrected chi connectivity index (χ3v) is 7.41. The molecule has 1 unspecified atom stereocenters. The van der Waals surface area contributed by atoms with Crippen molar-refractivity contribution in [2.45, 2.75) is 62.9 Å². The van der Waals surface area contributed by atoms with Gasteiger partial charge in [0.2, 0.25) is 5.91 Å². The molecular formula is C21H25N3O3S2. The molecule has 154 valence electrons. The Kier molecular flexibility index (Phi) is 6.10. The second-order valence-corrected chi connectivity index (χ2v) is 9.70. The lowest BCUT2D eigenvalue weighted by Gasteiger charge is -2.15. The minimum atomic E-state index is -0.344. The fourth-order valence-corrected chi connectivity index (χ4v) is 5.85. The van der Waals surface area contributed by atoms with E-state index in [4.69, 9.17) is 9.40 Å². The van der Waals surface area contributed by atoms with Crippen LogP contribution in [0.15, 0.2) is 32.8 Å². The highest BCUT2D eigenvalue weighted by molar-refractivity contribution is 8.00. The zero-order valence-electron chi connectivity index (χ0n) is 16.7. The number of hydrogen-bond donors (Lipinski definition) is 1. The molecule has 0 aliphatic heterocycles. The Morgan fingerprint density at radius 1 is 1.41 bits per heavy atom. The Labute approximate surface area is 177 Å². The van der Waals surface area contributed by atoms with Gasteiger partial charge in [0.15, 0.2) is 5.16 Å². The number of aromatic nitrogens is 2. The summed E-state index contributed by atoms with van der Waals surface area (Å²) in [6.07, 6.45) is 6.73. The molecular weight excluding hydrogens is 406 g/mol. The zero-order chi connectivity index (χ0) is 20.4. The van der Waals surface area contributed by atoms with Gasteiger partial charge in [0.25, 0.3) is 5.56 Å². The third kappa shape index (κ3) is 4.14. The van der Waals surface area contributed by atoms with Crippen molar-refractivity contribution in [2.24, 2.45) is 0 Å². The summed E-state index contributed by atoms with van der Waals surface area (Å²) in [6.45, 7) is 4.83. The summed E-state index contributed by atoms with van der Waals surface area (Å²) in [5.74, 6) is 0.656. The average molecular weight is 432 g/mol. The number of amides is 1. The summed E-state index contributed by atoms with van der Waals surface area (Å²) in [4.78, 5) is 32.8. The number of rotatable bonds is 7. The van der Waals surface area contributed by atoms with Crippen molar-refractivity contribution in [1.82, 2.24) is 14.9 Å². The van der Waals surface area contributed by atoms with Crippen LogP contribution in [0, 0.1) is 0 Å². The number of furan rings is 1. The molecule has 0 saturated carbocycles. The van der Waals surface area contributed by atoms with Crippen molar-refractivity contribution in [3.63, 3.8) is 0 Å². The summed E-state index contributed by atoms with van der Waals surface area (Å²) in [5, 5.41) is 3.89. The molecule has 0 aromatic carbocycles. The van der Waals surface area contributed by atoms with E-state index in [0.29, 0.717) is 24.0 Å². The zero-order valence-corrected chi connectivity index (χ0v) is 18.3. The van der Waals surface area contributed by atoms with E-state index in [0.717, 1.165) is 42.3 Å². The van der Waals surface area contributed by atoms with E-state index in [-0.39, 0.29) is 16.7 Å². The number of hydrogen-bond acceptors (Lipinski definition) is 6. The van der Waals surface area contributed by atoms with Crippen molar-refractivity contribution >= 4 is 39.2 Å². The largest absolute Gasteiger partial charge is 0.467 e. The Morgan fingerprint density at radius 3 is 3.00 bits per heavy atom. The molecule has 1 aliphatic carbocycles. The van der Waals surface area contributed by atoms with E-state index in [1.54, 1.807) is 22.2 Å². The van der Waals surface area contributed by atoms with E-state index in [2.05, 4.69) is 5.32 Å². The van der Waals surface area contributed by atoms with Gasteiger partial charge in [0.1, 0.15) is 10.6 Å². The van der Waals surface area contributed by atoms with Crippen LogP contribution in [0.2, 0.25) is 0 Å². The Morgan fingerprint density at radius 2 is 2.24 bits per heavy atom. The summed E-state index contributed by atoms with van der Waals surface area (Å²) in [5.41, 5.74) is 1.14. The molecule has 0 bridgehead atoms. The predicted molar refractivity (Wildman–Crippen MR) is 117 cm³/mol. The second kappa shape index (κ2) is 8.75. The Balaban J connectivity index is 1.77. The van der Waals surface area contributed by atoms with Gasteiger partial charge in [0, 0.05) is 11.4 Å². The Bertz CT molecular complexity index is 1070. The first-order valence-corrected chi connectivity index (χ1v) is 11.8. The number of carbonyl (C=O) groups is 1. The molecule has 6 nitrogen and oxygen atoms in total. The van der Waals surface area contributed by atoms with Crippen LogP contribution in [0.3, 0.4) is 0 Å². The van der Waals surface area contributed by atoms with Crippen LogP contribution < -0.4 is 10.9 Å². The number of aryl methyl sites for hydroxylation is 2. The normalized spacial score (nSPS) is 14.7. The van der Waals surface area contributed by atoms with Gasteiger partial charge < -0.3 is 9.73 Å². The highest BCUT2D eigenvalue weighted by Crippen LogP contribution is 2.35. The van der Waals surface area contributed by atoms with Crippen molar-refractivity contribution in [1.29, 1.82) is 0 Å². The molecule has 8 heteroatoms. The summed E-state index contributed by atoms with van der Waals surface area (Å²) in [7, 11) is 0. The van der Waals surface area contributed by atoms with E-state index < -0.39 is 0 Å². The second-order valence-electron chi connectivity index (χ2n) is 7.31. The van der Waals surface area contributed by atoms with Gasteiger partial charge in [-0.1, -0.05) is 18.7 Å². The molecule has 0 fully saturated rings. The molecule has 0 spiro atoms. The maximum absolute atomic E-state index is 13.5. The monoisotopic (exact) mass is 431 g/mol. The number of thioether (sulfide) groups is 1. The molecule has 3 aromatic heterocycles. The van der Waals surface area contributed by atoms with E-state index >= 15 is 0 Å². The summed E-state index contributed by atoms with van der Waals surface area (Å²) in [6, 6.07) is 3.66. The van der Waals surface area contributed by atoms with Gasteiger partial charge in [-0.25, -0.2) is 4.98 Å². The molecule has 29 heavy (non-hydrogen) atoms. The molecule has 4 rings (SSSR count). The topological polar surface area (TPSA) is 77.1 Å². The van der Waals surface area contributed by atoms with Gasteiger partial charge >= 0.3 is 0 Å². The van der Waals surface area contributed by atoms with E-state index in [1.165, 1.54) is 22.2 Å². The van der Waals surface area contributed by atoms with Gasteiger partial charge in [-0.2, -0.15) is 0 Å². The molecule has 0 radical (unpaired) electrons. The fourth-order valence-electron chi connectivity index (χ4n) is 3.61. The van der Waals surface area contributed by atoms with Crippen molar-refractivity contribution in [3.8, 4) is 0 Å². The number of thiophene rings is 1. The standard InChI is InChI=1S/C21H25N3O3S2/c1-3-10-22-18(25)13(2)28-21-23-19-17(15-8-4-5-9-16(15)29-19)20(26)24(21)12-14-7-6-11-27-14/h6-7,11,13H,3-5,8-10,12H2,1-2H3,(H,22,25). The maximum atomic E-state index is 13.5. The summed E-state index contributed by atoms with van der Waals surface area (Å²) < 4.78 is 7.15. The first-order chi connectivity index (χ1) is 14.1. The maximum Gasteiger partial charge on any atom is 0.263 e. The average Bonchev–Trinajstić information content (AvgIpc) is 3.36. The number of carbonyl (C=O) groups excluding carboxylic acids is 1. The minimum Gasteiger partial charge on any atom is -0.467 e. The predicted octanol–water partition coefficient (Wildman–Crippen LogP) is 3.98. The van der Waals surface area contributed by atoms with Crippen molar-refractivity contribution in [2.75, 3.05) is 6.54 Å². The summed E-state index contributed by atoms with van der Waals surface area (Å²) >= 11 is 2.96. The van der Waals surface area contributed by atoms with Crippen LogP contribution in [-0.4, -0.2) is 27.3 Å². The number of nitrogens with one attached hydrogen (secondary N) is 1. The van der Waals surface area contributed by atoms with E-state index in [9.17, 15) is 9.59 Å². The lowest BCUT2D eigenvalue weighted by Crippen LogP contribution is -2.32. The molecule has 1 aliphatic rings. The van der Waals surface area contributed by atoms with Gasteiger partial charge in [-0.15, -0.1) is 11.3 Å². The molecule has 0 saturated heterocycles. The van der Waals surface area contributed by atoms with Gasteiger partial charge in [-0.05, 0) is 56.7 Å². The van der Waals surface area contributed by atoms with Crippen LogP contribution in [0.1, 0.15) is 49.3 Å². The van der Waals surface area contributed by atoms with Crippen molar-refractivity contribution < 1.29 is 9.21 Å². The SMILES string of the molecule is CCCNC(=O)C(C)Sc1nc2sc3c(c2c(=O)n1Cc1ccco1)CCCC3. The lowest BCUT2D eigenvalue weighted by atomic mass is 9.97. The molecule has 3 heterocycles.